The largest absolute Gasteiger partial charge is 0.486 e. The van der Waals surface area contributed by atoms with Gasteiger partial charge in [-0.2, -0.15) is 0 Å². The van der Waals surface area contributed by atoms with Crippen molar-refractivity contribution < 1.29 is 9.53 Å². The van der Waals surface area contributed by atoms with Crippen LogP contribution in [-0.2, 0) is 17.9 Å². The lowest BCUT2D eigenvalue weighted by atomic mass is 10.3. The zero-order valence-corrected chi connectivity index (χ0v) is 20.3. The van der Waals surface area contributed by atoms with E-state index in [1.165, 1.54) is 23.9 Å². The fourth-order valence-corrected chi connectivity index (χ4v) is 4.14. The molecule has 0 aliphatic rings. The highest BCUT2D eigenvalue weighted by Crippen LogP contribution is 2.32. The van der Waals surface area contributed by atoms with Crippen LogP contribution in [0.1, 0.15) is 12.7 Å². The lowest BCUT2D eigenvalue weighted by molar-refractivity contribution is -0.113. The van der Waals surface area contributed by atoms with Crippen LogP contribution < -0.4 is 10.1 Å². The fourth-order valence-electron chi connectivity index (χ4n) is 2.46. The Morgan fingerprint density at radius 3 is 2.53 bits per heavy atom. The second kappa shape index (κ2) is 10.7. The van der Waals surface area contributed by atoms with E-state index in [1.807, 2.05) is 35.8 Å². The molecule has 3 aromatic rings. The summed E-state index contributed by atoms with van der Waals surface area (Å²) in [5.74, 6) is 1.29. The number of benzene rings is 2. The molecule has 0 spiro atoms. The minimum Gasteiger partial charge on any atom is -0.486 e. The van der Waals surface area contributed by atoms with Crippen LogP contribution in [0.4, 0.5) is 5.69 Å². The highest BCUT2D eigenvalue weighted by Gasteiger charge is 2.15. The molecule has 0 bridgehead atoms. The Kier molecular flexibility index (Phi) is 8.30. The molecule has 30 heavy (non-hydrogen) atoms. The van der Waals surface area contributed by atoms with Gasteiger partial charge in [0, 0.05) is 11.0 Å². The van der Waals surface area contributed by atoms with Crippen LogP contribution in [0.2, 0.25) is 15.1 Å². The van der Waals surface area contributed by atoms with Gasteiger partial charge in [-0.1, -0.05) is 62.5 Å². The lowest BCUT2D eigenvalue weighted by Gasteiger charge is -2.10. The third-order valence-corrected chi connectivity index (χ3v) is 6.44. The zero-order valence-electron chi connectivity index (χ0n) is 15.7. The minimum atomic E-state index is -0.251. The van der Waals surface area contributed by atoms with E-state index in [1.54, 1.807) is 0 Å². The quantitative estimate of drug-likeness (QED) is 0.262. The molecule has 0 aliphatic heterocycles. The predicted molar refractivity (Wildman–Crippen MR) is 125 cm³/mol. The molecule has 6 nitrogen and oxygen atoms in total. The third kappa shape index (κ3) is 6.04. The lowest BCUT2D eigenvalue weighted by Crippen LogP contribution is -2.15. The summed E-state index contributed by atoms with van der Waals surface area (Å²) in [4.78, 5) is 12.3. The molecule has 0 atom stereocenters. The normalized spacial score (nSPS) is 10.8. The standard InChI is InChI=1S/C19H16BrCl3N4O2S/c1-2-27-17(9-29-12-5-3-11(20)4-6-12)25-26-19(27)30-10-18(28)24-16-8-14(22)13(21)7-15(16)23/h3-8H,2,9-10H2,1H3,(H,24,28). The number of thioether (sulfide) groups is 1. The summed E-state index contributed by atoms with van der Waals surface area (Å²) in [7, 11) is 0. The number of ether oxygens (including phenoxy) is 1. The SMILES string of the molecule is CCn1c(COc2ccc(Br)cc2)nnc1SCC(=O)Nc1cc(Cl)c(Cl)cc1Cl. The molecule has 0 saturated carbocycles. The van der Waals surface area contributed by atoms with E-state index in [-0.39, 0.29) is 18.3 Å². The number of carbonyl (C=O) groups excluding carboxylic acids is 1. The van der Waals surface area contributed by atoms with Crippen molar-refractivity contribution in [2.24, 2.45) is 0 Å². The highest BCUT2D eigenvalue weighted by molar-refractivity contribution is 9.10. The average Bonchev–Trinajstić information content (AvgIpc) is 3.12. The Morgan fingerprint density at radius 2 is 1.83 bits per heavy atom. The van der Waals surface area contributed by atoms with Gasteiger partial charge in [0.25, 0.3) is 0 Å². The first-order valence-corrected chi connectivity index (χ1v) is 11.7. The molecule has 11 heteroatoms. The number of amides is 1. The molecule has 1 heterocycles. The molecule has 0 fully saturated rings. The molecule has 1 aromatic heterocycles. The smallest absolute Gasteiger partial charge is 0.234 e. The number of nitrogens with one attached hydrogen (secondary N) is 1. The molecule has 1 N–H and O–H groups in total. The summed E-state index contributed by atoms with van der Waals surface area (Å²) in [5.41, 5.74) is 0.400. The van der Waals surface area contributed by atoms with Gasteiger partial charge in [0.05, 0.1) is 26.5 Å². The van der Waals surface area contributed by atoms with Crippen molar-refractivity contribution in [1.29, 1.82) is 0 Å². The van der Waals surface area contributed by atoms with Gasteiger partial charge in [0.15, 0.2) is 11.0 Å². The summed E-state index contributed by atoms with van der Waals surface area (Å²) in [6.45, 7) is 2.90. The van der Waals surface area contributed by atoms with Gasteiger partial charge < -0.3 is 14.6 Å². The Balaban J connectivity index is 1.59. The monoisotopic (exact) mass is 548 g/mol. The molecule has 2 aromatic carbocycles. The zero-order chi connectivity index (χ0) is 21.7. The number of anilines is 1. The maximum absolute atomic E-state index is 12.3. The van der Waals surface area contributed by atoms with E-state index < -0.39 is 0 Å². The van der Waals surface area contributed by atoms with Crippen LogP contribution in [0.5, 0.6) is 5.75 Å². The highest BCUT2D eigenvalue weighted by atomic mass is 79.9. The summed E-state index contributed by atoms with van der Waals surface area (Å²) in [6, 6.07) is 10.5. The van der Waals surface area contributed by atoms with Crippen LogP contribution in [0.3, 0.4) is 0 Å². The van der Waals surface area contributed by atoms with Crippen molar-refractivity contribution >= 4 is 74.1 Å². The molecule has 0 radical (unpaired) electrons. The Hall–Kier alpha value is -1.45. The number of halogens is 4. The number of hydrogen-bond donors (Lipinski definition) is 1. The van der Waals surface area contributed by atoms with Gasteiger partial charge in [0.2, 0.25) is 5.91 Å². The van der Waals surface area contributed by atoms with E-state index in [4.69, 9.17) is 39.5 Å². The van der Waals surface area contributed by atoms with Crippen molar-refractivity contribution in [1.82, 2.24) is 14.8 Å². The van der Waals surface area contributed by atoms with E-state index in [0.717, 1.165) is 10.2 Å². The average molecular weight is 551 g/mol. The van der Waals surface area contributed by atoms with Crippen LogP contribution in [0, 0.1) is 0 Å². The van der Waals surface area contributed by atoms with Gasteiger partial charge in [-0.05, 0) is 43.3 Å². The molecule has 3 rings (SSSR count). The van der Waals surface area contributed by atoms with Gasteiger partial charge in [-0.25, -0.2) is 0 Å². The van der Waals surface area contributed by atoms with Crippen molar-refractivity contribution in [2.75, 3.05) is 11.1 Å². The van der Waals surface area contributed by atoms with E-state index in [0.29, 0.717) is 38.3 Å². The maximum Gasteiger partial charge on any atom is 0.234 e. The summed E-state index contributed by atoms with van der Waals surface area (Å²) < 4.78 is 8.65. The Morgan fingerprint density at radius 1 is 1.13 bits per heavy atom. The van der Waals surface area contributed by atoms with Gasteiger partial charge >= 0.3 is 0 Å². The topological polar surface area (TPSA) is 69.0 Å². The summed E-state index contributed by atoms with van der Waals surface area (Å²) >= 11 is 22.7. The number of rotatable bonds is 8. The van der Waals surface area contributed by atoms with Crippen LogP contribution >= 0.6 is 62.5 Å². The van der Waals surface area contributed by atoms with E-state index >= 15 is 0 Å². The summed E-state index contributed by atoms with van der Waals surface area (Å²) in [6.07, 6.45) is 0. The summed E-state index contributed by atoms with van der Waals surface area (Å²) in [5, 5.41) is 12.7. The first-order valence-electron chi connectivity index (χ1n) is 8.75. The van der Waals surface area contributed by atoms with Gasteiger partial charge in [-0.3, -0.25) is 4.79 Å². The number of carbonyl (C=O) groups is 1. The first kappa shape index (κ1) is 23.2. The van der Waals surface area contributed by atoms with Gasteiger partial charge in [0.1, 0.15) is 12.4 Å². The van der Waals surface area contributed by atoms with Crippen LogP contribution in [0.25, 0.3) is 0 Å². The molecule has 0 aliphatic carbocycles. The van der Waals surface area contributed by atoms with Crippen molar-refractivity contribution in [3.63, 3.8) is 0 Å². The molecular weight excluding hydrogens is 535 g/mol. The molecule has 158 valence electrons. The Bertz CT molecular complexity index is 1050. The van der Waals surface area contributed by atoms with Crippen LogP contribution in [0.15, 0.2) is 46.0 Å². The number of aromatic nitrogens is 3. The van der Waals surface area contributed by atoms with E-state index in [9.17, 15) is 4.79 Å². The second-order valence-corrected chi connectivity index (χ2v) is 9.05. The van der Waals surface area contributed by atoms with E-state index in [2.05, 4.69) is 31.4 Å². The van der Waals surface area contributed by atoms with Crippen molar-refractivity contribution in [3.05, 3.63) is 61.8 Å². The molecule has 0 saturated heterocycles. The number of nitrogens with zero attached hydrogens (tertiary/aromatic N) is 3. The first-order chi connectivity index (χ1) is 14.4. The maximum atomic E-state index is 12.3. The predicted octanol–water partition coefficient (Wildman–Crippen LogP) is 6.33. The van der Waals surface area contributed by atoms with Crippen molar-refractivity contribution in [2.45, 2.75) is 25.2 Å². The van der Waals surface area contributed by atoms with Gasteiger partial charge in [-0.15, -0.1) is 10.2 Å². The Labute approximate surface area is 201 Å². The molecular formula is C19H16BrCl3N4O2S. The fraction of sp³-hybridized carbons (Fsp3) is 0.211. The second-order valence-electron chi connectivity index (χ2n) is 5.97. The number of hydrogen-bond acceptors (Lipinski definition) is 5. The minimum absolute atomic E-state index is 0.127. The van der Waals surface area contributed by atoms with Crippen LogP contribution in [-0.4, -0.2) is 26.4 Å². The third-order valence-electron chi connectivity index (χ3n) is 3.91. The molecule has 1 amide bonds. The van der Waals surface area contributed by atoms with Crippen molar-refractivity contribution in [3.8, 4) is 5.75 Å². The molecule has 0 unspecified atom stereocenters.